The molecule has 20 heavy (non-hydrogen) atoms. The van der Waals surface area contributed by atoms with Crippen LogP contribution in [0.25, 0.3) is 0 Å². The van der Waals surface area contributed by atoms with Gasteiger partial charge in [-0.2, -0.15) is 0 Å². The Balaban J connectivity index is 1.70. The highest BCUT2D eigenvalue weighted by atomic mass is 19.1. The van der Waals surface area contributed by atoms with Crippen molar-refractivity contribution in [1.29, 1.82) is 0 Å². The Labute approximate surface area is 118 Å². The van der Waals surface area contributed by atoms with Crippen LogP contribution in [-0.4, -0.2) is 30.5 Å². The number of halogens is 1. The topological polar surface area (TPSA) is 29.5 Å². The molecule has 0 spiro atoms. The summed E-state index contributed by atoms with van der Waals surface area (Å²) in [5.74, 6) is 0.575. The lowest BCUT2D eigenvalue weighted by Gasteiger charge is -2.34. The summed E-state index contributed by atoms with van der Waals surface area (Å²) in [6.45, 7) is 3.55. The summed E-state index contributed by atoms with van der Waals surface area (Å²) in [5, 5.41) is 0. The van der Waals surface area contributed by atoms with E-state index in [0.29, 0.717) is 31.2 Å². The van der Waals surface area contributed by atoms with Gasteiger partial charge < -0.3 is 9.64 Å². The molecule has 0 bridgehead atoms. The largest absolute Gasteiger partial charge is 0.370 e. The zero-order valence-electron chi connectivity index (χ0n) is 11.7. The van der Waals surface area contributed by atoms with Crippen LogP contribution in [0.2, 0.25) is 0 Å². The molecule has 1 aromatic rings. The smallest absolute Gasteiger partial charge is 0.225 e. The molecule has 2 aliphatic rings. The van der Waals surface area contributed by atoms with Gasteiger partial charge in [0.15, 0.2) is 0 Å². The maximum absolute atomic E-state index is 13.8. The van der Waals surface area contributed by atoms with Gasteiger partial charge in [-0.1, -0.05) is 25.1 Å². The van der Waals surface area contributed by atoms with Crippen molar-refractivity contribution in [3.63, 3.8) is 0 Å². The van der Waals surface area contributed by atoms with E-state index in [1.807, 2.05) is 11.8 Å². The summed E-state index contributed by atoms with van der Waals surface area (Å²) in [7, 11) is 0. The molecule has 0 radical (unpaired) electrons. The van der Waals surface area contributed by atoms with Crippen molar-refractivity contribution in [3.05, 3.63) is 35.6 Å². The van der Waals surface area contributed by atoms with Crippen molar-refractivity contribution in [3.8, 4) is 0 Å². The van der Waals surface area contributed by atoms with E-state index in [9.17, 15) is 9.18 Å². The van der Waals surface area contributed by atoms with Crippen LogP contribution in [0.4, 0.5) is 4.39 Å². The molecule has 1 aliphatic heterocycles. The first-order valence-corrected chi connectivity index (χ1v) is 7.31. The van der Waals surface area contributed by atoms with Crippen LogP contribution in [-0.2, 0) is 9.53 Å². The second-order valence-corrected chi connectivity index (χ2v) is 5.79. The van der Waals surface area contributed by atoms with Crippen LogP contribution in [0.5, 0.6) is 0 Å². The van der Waals surface area contributed by atoms with E-state index in [1.165, 1.54) is 6.07 Å². The van der Waals surface area contributed by atoms with E-state index in [4.69, 9.17) is 4.74 Å². The zero-order chi connectivity index (χ0) is 14.1. The molecule has 1 amide bonds. The van der Waals surface area contributed by atoms with Crippen molar-refractivity contribution < 1.29 is 13.9 Å². The number of hydrogen-bond acceptors (Lipinski definition) is 2. The summed E-state index contributed by atoms with van der Waals surface area (Å²) in [6, 6.07) is 6.64. The van der Waals surface area contributed by atoms with Crippen molar-refractivity contribution in [2.75, 3.05) is 19.7 Å². The number of hydrogen-bond donors (Lipinski definition) is 0. The average molecular weight is 277 g/mol. The van der Waals surface area contributed by atoms with Gasteiger partial charge in [0, 0.05) is 18.0 Å². The highest BCUT2D eigenvalue weighted by Crippen LogP contribution is 2.38. The molecule has 4 heteroatoms. The number of amides is 1. The fourth-order valence-electron chi connectivity index (χ4n) is 2.86. The molecule has 1 heterocycles. The van der Waals surface area contributed by atoms with Crippen LogP contribution in [0.3, 0.4) is 0 Å². The first kappa shape index (κ1) is 13.6. The van der Waals surface area contributed by atoms with E-state index >= 15 is 0 Å². The van der Waals surface area contributed by atoms with Crippen LogP contribution in [0.15, 0.2) is 24.3 Å². The third kappa shape index (κ3) is 2.70. The van der Waals surface area contributed by atoms with Crippen LogP contribution < -0.4 is 0 Å². The lowest BCUT2D eigenvalue weighted by atomic mass is 10.0. The third-order valence-corrected chi connectivity index (χ3v) is 4.35. The number of rotatable bonds is 3. The van der Waals surface area contributed by atoms with Gasteiger partial charge in [-0.15, -0.1) is 0 Å². The molecule has 108 valence electrons. The molecule has 1 saturated heterocycles. The lowest BCUT2D eigenvalue weighted by Crippen LogP contribution is -2.45. The van der Waals surface area contributed by atoms with Crippen LogP contribution in [0.1, 0.15) is 31.4 Å². The molecule has 1 saturated carbocycles. The number of carbonyl (C=O) groups is 1. The Morgan fingerprint density at radius 3 is 2.85 bits per heavy atom. The molecule has 0 aromatic heterocycles. The van der Waals surface area contributed by atoms with Gasteiger partial charge in [0.1, 0.15) is 11.9 Å². The fraction of sp³-hybridized carbons (Fsp3) is 0.562. The molecular weight excluding hydrogens is 257 g/mol. The van der Waals surface area contributed by atoms with E-state index < -0.39 is 0 Å². The molecule has 2 unspecified atom stereocenters. The van der Waals surface area contributed by atoms with Crippen LogP contribution >= 0.6 is 0 Å². The molecule has 3 nitrogen and oxygen atoms in total. The Bertz CT molecular complexity index is 501. The third-order valence-electron chi connectivity index (χ3n) is 4.35. The van der Waals surface area contributed by atoms with Crippen molar-refractivity contribution in [1.82, 2.24) is 4.90 Å². The number of morpholine rings is 1. The van der Waals surface area contributed by atoms with E-state index in [0.717, 1.165) is 12.8 Å². The normalized spacial score (nSPS) is 24.5. The zero-order valence-corrected chi connectivity index (χ0v) is 11.7. The minimum Gasteiger partial charge on any atom is -0.370 e. The molecule has 0 N–H and O–H groups in total. The van der Waals surface area contributed by atoms with Gasteiger partial charge in [0.05, 0.1) is 13.2 Å². The van der Waals surface area contributed by atoms with Gasteiger partial charge in [-0.3, -0.25) is 4.79 Å². The highest BCUT2D eigenvalue weighted by Gasteiger charge is 2.36. The Morgan fingerprint density at radius 2 is 2.15 bits per heavy atom. The fourth-order valence-corrected chi connectivity index (χ4v) is 2.86. The van der Waals surface area contributed by atoms with Crippen molar-refractivity contribution in [2.24, 2.45) is 11.8 Å². The van der Waals surface area contributed by atoms with Gasteiger partial charge in [-0.05, 0) is 24.8 Å². The molecule has 2 atom stereocenters. The Hall–Kier alpha value is -1.42. The van der Waals surface area contributed by atoms with Gasteiger partial charge in [0.25, 0.3) is 0 Å². The number of carbonyl (C=O) groups excluding carboxylic acids is 1. The molecule has 3 rings (SSSR count). The summed E-state index contributed by atoms with van der Waals surface area (Å²) >= 11 is 0. The maximum Gasteiger partial charge on any atom is 0.225 e. The lowest BCUT2D eigenvalue weighted by molar-refractivity contribution is -0.143. The predicted molar refractivity (Wildman–Crippen MR) is 73.6 cm³/mol. The molecule has 1 aromatic carbocycles. The second-order valence-electron chi connectivity index (χ2n) is 5.79. The van der Waals surface area contributed by atoms with Crippen molar-refractivity contribution >= 4 is 5.91 Å². The van der Waals surface area contributed by atoms with E-state index in [-0.39, 0.29) is 23.7 Å². The summed E-state index contributed by atoms with van der Waals surface area (Å²) in [5.41, 5.74) is 0.545. The van der Waals surface area contributed by atoms with Gasteiger partial charge in [-0.25, -0.2) is 4.39 Å². The minimum atomic E-state index is -0.347. The Morgan fingerprint density at radius 1 is 1.40 bits per heavy atom. The first-order chi connectivity index (χ1) is 9.66. The van der Waals surface area contributed by atoms with Crippen molar-refractivity contribution in [2.45, 2.75) is 25.9 Å². The quantitative estimate of drug-likeness (QED) is 0.850. The summed E-state index contributed by atoms with van der Waals surface area (Å²) in [4.78, 5) is 14.3. The molecular formula is C16H20FNO2. The number of nitrogens with zero attached hydrogens (tertiary/aromatic N) is 1. The SMILES string of the molecule is CC(C(=O)N1CCOC(c2ccccc2F)C1)C1CC1. The van der Waals surface area contributed by atoms with Gasteiger partial charge >= 0.3 is 0 Å². The highest BCUT2D eigenvalue weighted by molar-refractivity contribution is 5.79. The van der Waals surface area contributed by atoms with E-state index in [1.54, 1.807) is 18.2 Å². The van der Waals surface area contributed by atoms with Crippen LogP contribution in [0, 0.1) is 17.7 Å². The number of ether oxygens (including phenoxy) is 1. The predicted octanol–water partition coefficient (Wildman–Crippen LogP) is 2.77. The first-order valence-electron chi connectivity index (χ1n) is 7.31. The van der Waals surface area contributed by atoms with Gasteiger partial charge in [0.2, 0.25) is 5.91 Å². The standard InChI is InChI=1S/C16H20FNO2/c1-11(12-6-7-12)16(19)18-8-9-20-15(10-18)13-4-2-3-5-14(13)17/h2-5,11-12,15H,6-10H2,1H3. The average Bonchev–Trinajstić information content (AvgIpc) is 3.31. The monoisotopic (exact) mass is 277 g/mol. The second kappa shape index (κ2) is 5.52. The maximum atomic E-state index is 13.8. The molecule has 2 fully saturated rings. The minimum absolute atomic E-state index is 0.0920. The summed E-state index contributed by atoms with van der Waals surface area (Å²) in [6.07, 6.45) is 1.97. The molecule has 1 aliphatic carbocycles. The Kier molecular flexibility index (Phi) is 3.74. The summed E-state index contributed by atoms with van der Waals surface area (Å²) < 4.78 is 19.5. The number of benzene rings is 1. The van der Waals surface area contributed by atoms with E-state index in [2.05, 4.69) is 0 Å².